The minimum Gasteiger partial charge on any atom is -0.313 e. The highest BCUT2D eigenvalue weighted by Crippen LogP contribution is 2.27. The van der Waals surface area contributed by atoms with Crippen molar-refractivity contribution in [1.82, 2.24) is 5.32 Å². The van der Waals surface area contributed by atoms with E-state index < -0.39 is 0 Å². The average Bonchev–Trinajstić information content (AvgIpc) is 2.82. The maximum absolute atomic E-state index is 3.78. The Morgan fingerprint density at radius 1 is 1.35 bits per heavy atom. The topological polar surface area (TPSA) is 12.0 Å². The lowest BCUT2D eigenvalue weighted by Crippen LogP contribution is -2.16. The summed E-state index contributed by atoms with van der Waals surface area (Å²) in [4.78, 5) is 0. The van der Waals surface area contributed by atoms with Crippen LogP contribution >= 0.6 is 0 Å². The van der Waals surface area contributed by atoms with Gasteiger partial charge in [-0.1, -0.05) is 24.3 Å². The summed E-state index contributed by atoms with van der Waals surface area (Å²) in [5, 5.41) is 3.43. The number of rotatable bonds is 6. The number of allylic oxidation sites excluding steroid dienone is 1. The Morgan fingerprint density at radius 2 is 2.18 bits per heavy atom. The predicted molar refractivity (Wildman–Crippen MR) is 74.3 cm³/mol. The van der Waals surface area contributed by atoms with Gasteiger partial charge in [-0.2, -0.15) is 0 Å². The van der Waals surface area contributed by atoms with Gasteiger partial charge in [0.2, 0.25) is 0 Å². The first-order valence-electron chi connectivity index (χ1n) is 6.75. The Balaban J connectivity index is 2.05. The van der Waals surface area contributed by atoms with Gasteiger partial charge in [0.1, 0.15) is 0 Å². The second-order valence-corrected chi connectivity index (χ2v) is 4.94. The van der Waals surface area contributed by atoms with E-state index in [1.165, 1.54) is 37.7 Å². The average molecular weight is 229 g/mol. The molecular formula is C16H23N. The van der Waals surface area contributed by atoms with Crippen LogP contribution in [-0.2, 0) is 12.8 Å². The standard InChI is InChI=1S/C16H23N/c1-3-4-5-9-16(17-2)15-11-10-13-7-6-8-14(13)12-15/h3,10-12,16-17H,1,4-9H2,2H3. The van der Waals surface area contributed by atoms with Crippen molar-refractivity contribution in [3.8, 4) is 0 Å². The summed E-state index contributed by atoms with van der Waals surface area (Å²) in [5.41, 5.74) is 4.60. The third kappa shape index (κ3) is 2.98. The SMILES string of the molecule is C=CCCCC(NC)c1ccc2c(c1)CCC2. The van der Waals surface area contributed by atoms with E-state index in [9.17, 15) is 0 Å². The van der Waals surface area contributed by atoms with E-state index in [1.54, 1.807) is 11.1 Å². The lowest BCUT2D eigenvalue weighted by Gasteiger charge is -2.17. The third-order valence-electron chi connectivity index (χ3n) is 3.77. The molecule has 0 saturated carbocycles. The number of hydrogen-bond donors (Lipinski definition) is 1. The first-order chi connectivity index (χ1) is 8.35. The zero-order valence-corrected chi connectivity index (χ0v) is 10.8. The maximum Gasteiger partial charge on any atom is 0.0317 e. The fraction of sp³-hybridized carbons (Fsp3) is 0.500. The Hall–Kier alpha value is -1.08. The van der Waals surface area contributed by atoms with Crippen molar-refractivity contribution in [2.75, 3.05) is 7.05 Å². The molecular weight excluding hydrogens is 206 g/mol. The minimum absolute atomic E-state index is 0.501. The highest BCUT2D eigenvalue weighted by molar-refractivity contribution is 5.36. The molecule has 0 spiro atoms. The molecule has 1 nitrogen and oxygen atoms in total. The van der Waals surface area contributed by atoms with Crippen molar-refractivity contribution >= 4 is 0 Å². The largest absolute Gasteiger partial charge is 0.313 e. The molecule has 0 saturated heterocycles. The van der Waals surface area contributed by atoms with Gasteiger partial charge in [-0.3, -0.25) is 0 Å². The lowest BCUT2D eigenvalue weighted by atomic mass is 9.97. The second kappa shape index (κ2) is 6.02. The Kier molecular flexibility index (Phi) is 4.38. The summed E-state index contributed by atoms with van der Waals surface area (Å²) in [6.07, 6.45) is 9.41. The summed E-state index contributed by atoms with van der Waals surface area (Å²) in [6.45, 7) is 3.78. The molecule has 1 unspecified atom stereocenters. The number of fused-ring (bicyclic) bond motifs is 1. The fourth-order valence-electron chi connectivity index (χ4n) is 2.75. The summed E-state index contributed by atoms with van der Waals surface area (Å²) >= 11 is 0. The van der Waals surface area contributed by atoms with E-state index in [0.29, 0.717) is 6.04 Å². The van der Waals surface area contributed by atoms with E-state index in [-0.39, 0.29) is 0 Å². The molecule has 1 heteroatoms. The molecule has 1 aromatic rings. The van der Waals surface area contributed by atoms with Crippen LogP contribution in [0.15, 0.2) is 30.9 Å². The van der Waals surface area contributed by atoms with Crippen LogP contribution in [0.3, 0.4) is 0 Å². The van der Waals surface area contributed by atoms with E-state index in [4.69, 9.17) is 0 Å². The zero-order valence-electron chi connectivity index (χ0n) is 10.8. The van der Waals surface area contributed by atoms with Crippen LogP contribution in [0.4, 0.5) is 0 Å². The maximum atomic E-state index is 3.78. The molecule has 17 heavy (non-hydrogen) atoms. The van der Waals surface area contributed by atoms with Crippen LogP contribution in [0, 0.1) is 0 Å². The van der Waals surface area contributed by atoms with Gasteiger partial charge < -0.3 is 5.32 Å². The van der Waals surface area contributed by atoms with E-state index in [2.05, 4.69) is 37.1 Å². The summed E-state index contributed by atoms with van der Waals surface area (Å²) in [6, 6.07) is 7.55. The van der Waals surface area contributed by atoms with E-state index in [1.807, 2.05) is 6.08 Å². The lowest BCUT2D eigenvalue weighted by molar-refractivity contribution is 0.530. The molecule has 1 aromatic carbocycles. The van der Waals surface area contributed by atoms with E-state index >= 15 is 0 Å². The molecule has 1 aliphatic carbocycles. The molecule has 92 valence electrons. The number of unbranched alkanes of at least 4 members (excludes halogenated alkanes) is 1. The van der Waals surface area contributed by atoms with Gasteiger partial charge >= 0.3 is 0 Å². The smallest absolute Gasteiger partial charge is 0.0317 e. The Bertz CT molecular complexity index is 381. The number of nitrogens with one attached hydrogen (secondary N) is 1. The van der Waals surface area contributed by atoms with Crippen molar-refractivity contribution in [3.63, 3.8) is 0 Å². The van der Waals surface area contributed by atoms with Crippen LogP contribution in [0.2, 0.25) is 0 Å². The van der Waals surface area contributed by atoms with E-state index in [0.717, 1.165) is 6.42 Å². The molecule has 0 heterocycles. The Morgan fingerprint density at radius 3 is 2.94 bits per heavy atom. The van der Waals surface area contributed by atoms with Crippen molar-refractivity contribution in [3.05, 3.63) is 47.5 Å². The molecule has 0 aliphatic heterocycles. The minimum atomic E-state index is 0.501. The molecule has 1 N–H and O–H groups in total. The summed E-state index contributed by atoms with van der Waals surface area (Å²) in [7, 11) is 2.06. The van der Waals surface area contributed by atoms with Crippen molar-refractivity contribution < 1.29 is 0 Å². The molecule has 0 radical (unpaired) electrons. The van der Waals surface area contributed by atoms with Crippen LogP contribution in [-0.4, -0.2) is 7.05 Å². The van der Waals surface area contributed by atoms with Crippen molar-refractivity contribution in [2.45, 2.75) is 44.6 Å². The van der Waals surface area contributed by atoms with Gasteiger partial charge in [0.25, 0.3) is 0 Å². The van der Waals surface area contributed by atoms with Gasteiger partial charge in [0.15, 0.2) is 0 Å². The quantitative estimate of drug-likeness (QED) is 0.578. The molecule has 0 fully saturated rings. The third-order valence-corrected chi connectivity index (χ3v) is 3.77. The molecule has 2 rings (SSSR count). The van der Waals surface area contributed by atoms with Gasteiger partial charge in [-0.05, 0) is 62.3 Å². The molecule has 0 amide bonds. The normalized spacial score (nSPS) is 15.6. The highest BCUT2D eigenvalue weighted by atomic mass is 14.9. The first-order valence-corrected chi connectivity index (χ1v) is 6.75. The number of hydrogen-bond acceptors (Lipinski definition) is 1. The van der Waals surface area contributed by atoms with Crippen molar-refractivity contribution in [1.29, 1.82) is 0 Å². The van der Waals surface area contributed by atoms with Gasteiger partial charge in [0, 0.05) is 6.04 Å². The van der Waals surface area contributed by atoms with Gasteiger partial charge in [-0.25, -0.2) is 0 Å². The van der Waals surface area contributed by atoms with Crippen LogP contribution in [0.25, 0.3) is 0 Å². The zero-order chi connectivity index (χ0) is 12.1. The van der Waals surface area contributed by atoms with Crippen LogP contribution in [0.1, 0.15) is 48.4 Å². The Labute approximate surface area is 105 Å². The summed E-state index contributed by atoms with van der Waals surface area (Å²) < 4.78 is 0. The monoisotopic (exact) mass is 229 g/mol. The fourth-order valence-corrected chi connectivity index (χ4v) is 2.75. The number of aryl methyl sites for hydroxylation is 2. The molecule has 1 atom stereocenters. The summed E-state index contributed by atoms with van der Waals surface area (Å²) in [5.74, 6) is 0. The van der Waals surface area contributed by atoms with Gasteiger partial charge in [0.05, 0.1) is 0 Å². The van der Waals surface area contributed by atoms with Crippen molar-refractivity contribution in [2.24, 2.45) is 0 Å². The second-order valence-electron chi connectivity index (χ2n) is 4.94. The van der Waals surface area contributed by atoms with Crippen LogP contribution in [0.5, 0.6) is 0 Å². The van der Waals surface area contributed by atoms with Crippen LogP contribution < -0.4 is 5.32 Å². The van der Waals surface area contributed by atoms with Gasteiger partial charge in [-0.15, -0.1) is 6.58 Å². The highest BCUT2D eigenvalue weighted by Gasteiger charge is 2.14. The molecule has 0 bridgehead atoms. The number of benzene rings is 1. The predicted octanol–water partition coefficient (Wildman–Crippen LogP) is 3.79. The first kappa shape index (κ1) is 12.4. The molecule has 0 aromatic heterocycles. The molecule has 1 aliphatic rings.